The molecule has 4 rings (SSSR count). The summed E-state index contributed by atoms with van der Waals surface area (Å²) in [6.45, 7) is 1.98. The van der Waals surface area contributed by atoms with Crippen molar-refractivity contribution in [2.24, 2.45) is 0 Å². The zero-order valence-corrected chi connectivity index (χ0v) is 14.7. The number of esters is 1. The van der Waals surface area contributed by atoms with E-state index in [-0.39, 0.29) is 5.69 Å². The van der Waals surface area contributed by atoms with Crippen LogP contribution in [0.5, 0.6) is 0 Å². The van der Waals surface area contributed by atoms with E-state index in [0.717, 1.165) is 22.6 Å². The summed E-state index contributed by atoms with van der Waals surface area (Å²) in [4.78, 5) is 28.6. The summed E-state index contributed by atoms with van der Waals surface area (Å²) in [6, 6.07) is 9.74. The van der Waals surface area contributed by atoms with Crippen molar-refractivity contribution in [1.82, 2.24) is 24.3 Å². The Balaban J connectivity index is 1.65. The number of rotatable bonds is 4. The number of imidazole rings is 1. The van der Waals surface area contributed by atoms with Gasteiger partial charge in [0.2, 0.25) is 0 Å². The first-order valence-electron chi connectivity index (χ1n) is 8.23. The molecule has 0 aliphatic rings. The van der Waals surface area contributed by atoms with Crippen molar-refractivity contribution in [3.63, 3.8) is 0 Å². The van der Waals surface area contributed by atoms with E-state index in [1.54, 1.807) is 6.20 Å². The van der Waals surface area contributed by atoms with Crippen LogP contribution in [0, 0.1) is 6.92 Å². The number of ether oxygens (including phenoxy) is 1. The SMILES string of the molecule is COC(=O)c1cnc(Nc2cc(-c3c(C)nc4ccccn34)ccn2)cn1. The highest BCUT2D eigenvalue weighted by atomic mass is 16.5. The second-order valence-electron chi connectivity index (χ2n) is 5.81. The number of nitrogens with one attached hydrogen (secondary N) is 1. The van der Waals surface area contributed by atoms with Crippen molar-refractivity contribution in [3.05, 3.63) is 66.5 Å². The topological polar surface area (TPSA) is 94.3 Å². The molecule has 0 aliphatic carbocycles. The molecule has 0 bridgehead atoms. The zero-order chi connectivity index (χ0) is 18.8. The quantitative estimate of drug-likeness (QED) is 0.559. The second kappa shape index (κ2) is 6.83. The molecule has 0 aliphatic heterocycles. The van der Waals surface area contributed by atoms with Crippen molar-refractivity contribution in [2.45, 2.75) is 6.92 Å². The van der Waals surface area contributed by atoms with Gasteiger partial charge in [-0.25, -0.2) is 24.7 Å². The maximum atomic E-state index is 11.4. The van der Waals surface area contributed by atoms with Gasteiger partial charge in [-0.1, -0.05) is 6.07 Å². The Bertz CT molecular complexity index is 1120. The third-order valence-electron chi connectivity index (χ3n) is 4.04. The van der Waals surface area contributed by atoms with Gasteiger partial charge in [0.1, 0.15) is 17.3 Å². The minimum absolute atomic E-state index is 0.145. The van der Waals surface area contributed by atoms with Crippen molar-refractivity contribution in [2.75, 3.05) is 12.4 Å². The van der Waals surface area contributed by atoms with E-state index in [1.807, 2.05) is 47.9 Å². The largest absolute Gasteiger partial charge is 0.464 e. The van der Waals surface area contributed by atoms with Crippen LogP contribution in [0.2, 0.25) is 0 Å². The fraction of sp³-hybridized carbons (Fsp3) is 0.105. The Morgan fingerprint density at radius 3 is 2.78 bits per heavy atom. The molecule has 27 heavy (non-hydrogen) atoms. The predicted molar refractivity (Wildman–Crippen MR) is 99.8 cm³/mol. The Morgan fingerprint density at radius 1 is 1.11 bits per heavy atom. The molecule has 4 heterocycles. The molecule has 8 heteroatoms. The summed E-state index contributed by atoms with van der Waals surface area (Å²) >= 11 is 0. The van der Waals surface area contributed by atoms with E-state index < -0.39 is 5.97 Å². The minimum atomic E-state index is -0.530. The van der Waals surface area contributed by atoms with E-state index in [0.29, 0.717) is 11.6 Å². The number of anilines is 2. The van der Waals surface area contributed by atoms with Crippen LogP contribution < -0.4 is 5.32 Å². The van der Waals surface area contributed by atoms with Crippen LogP contribution in [0.4, 0.5) is 11.6 Å². The maximum Gasteiger partial charge on any atom is 0.358 e. The number of pyridine rings is 2. The van der Waals surface area contributed by atoms with Gasteiger partial charge in [0.15, 0.2) is 5.69 Å². The van der Waals surface area contributed by atoms with Crippen LogP contribution in [0.1, 0.15) is 16.2 Å². The maximum absolute atomic E-state index is 11.4. The van der Waals surface area contributed by atoms with Gasteiger partial charge in [0.25, 0.3) is 0 Å². The van der Waals surface area contributed by atoms with Crippen molar-refractivity contribution < 1.29 is 9.53 Å². The average molecular weight is 360 g/mol. The van der Waals surface area contributed by atoms with Crippen LogP contribution in [-0.2, 0) is 4.74 Å². The molecule has 0 aromatic carbocycles. The molecule has 4 aromatic heterocycles. The van der Waals surface area contributed by atoms with Gasteiger partial charge in [-0.2, -0.15) is 0 Å². The van der Waals surface area contributed by atoms with Gasteiger partial charge >= 0.3 is 5.97 Å². The summed E-state index contributed by atoms with van der Waals surface area (Å²) in [6.07, 6.45) is 6.51. The number of aromatic nitrogens is 5. The molecule has 134 valence electrons. The van der Waals surface area contributed by atoms with Gasteiger partial charge in [-0.15, -0.1) is 0 Å². The number of carbonyl (C=O) groups excluding carboxylic acids is 1. The molecular weight excluding hydrogens is 344 g/mol. The third-order valence-corrected chi connectivity index (χ3v) is 4.04. The van der Waals surface area contributed by atoms with Gasteiger partial charge < -0.3 is 10.1 Å². The highest BCUT2D eigenvalue weighted by Crippen LogP contribution is 2.26. The molecule has 0 unspecified atom stereocenters. The molecule has 0 atom stereocenters. The van der Waals surface area contributed by atoms with Gasteiger partial charge in [-0.3, -0.25) is 4.40 Å². The van der Waals surface area contributed by atoms with E-state index in [9.17, 15) is 4.79 Å². The number of hydrogen-bond acceptors (Lipinski definition) is 7. The molecule has 0 saturated heterocycles. The Kier molecular flexibility index (Phi) is 4.21. The molecule has 0 radical (unpaired) electrons. The Labute approximate surface area is 154 Å². The van der Waals surface area contributed by atoms with Crippen LogP contribution in [0.25, 0.3) is 16.9 Å². The number of fused-ring (bicyclic) bond motifs is 1. The summed E-state index contributed by atoms with van der Waals surface area (Å²) in [5.41, 5.74) is 3.94. The summed E-state index contributed by atoms with van der Waals surface area (Å²) in [7, 11) is 1.30. The minimum Gasteiger partial charge on any atom is -0.464 e. The zero-order valence-electron chi connectivity index (χ0n) is 14.7. The van der Waals surface area contributed by atoms with E-state index >= 15 is 0 Å². The molecule has 8 nitrogen and oxygen atoms in total. The average Bonchev–Trinajstić information content (AvgIpc) is 3.04. The standard InChI is InChI=1S/C19H16N6O2/c1-12-18(25-8-4-3-5-17(25)23-12)13-6-7-20-15(9-13)24-16-11-21-14(10-22-16)19(26)27-2/h3-11H,1-2H3,(H,20,22,24). The van der Waals surface area contributed by atoms with Gasteiger partial charge in [-0.05, 0) is 31.2 Å². The Hall–Kier alpha value is -3.81. The monoisotopic (exact) mass is 360 g/mol. The first kappa shape index (κ1) is 16.6. The first-order chi connectivity index (χ1) is 13.2. The number of methoxy groups -OCH3 is 1. The van der Waals surface area contributed by atoms with Crippen LogP contribution in [0.15, 0.2) is 55.1 Å². The molecule has 0 spiro atoms. The van der Waals surface area contributed by atoms with Crippen LogP contribution >= 0.6 is 0 Å². The number of aryl methyl sites for hydroxylation is 1. The van der Waals surface area contributed by atoms with E-state index in [1.165, 1.54) is 19.5 Å². The molecule has 4 aromatic rings. The van der Waals surface area contributed by atoms with Crippen molar-refractivity contribution in [1.29, 1.82) is 0 Å². The van der Waals surface area contributed by atoms with E-state index in [4.69, 9.17) is 0 Å². The summed E-state index contributed by atoms with van der Waals surface area (Å²) < 4.78 is 6.66. The van der Waals surface area contributed by atoms with Gasteiger partial charge in [0, 0.05) is 18.0 Å². The lowest BCUT2D eigenvalue weighted by molar-refractivity contribution is 0.0593. The molecule has 1 N–H and O–H groups in total. The molecule has 0 fully saturated rings. The predicted octanol–water partition coefficient (Wildman–Crippen LogP) is 3.02. The van der Waals surface area contributed by atoms with Crippen LogP contribution in [-0.4, -0.2) is 37.4 Å². The lowest BCUT2D eigenvalue weighted by Crippen LogP contribution is -2.06. The van der Waals surface area contributed by atoms with Crippen molar-refractivity contribution >= 4 is 23.3 Å². The number of carbonyl (C=O) groups is 1. The van der Waals surface area contributed by atoms with E-state index in [2.05, 4.69) is 30.0 Å². The number of hydrogen-bond donors (Lipinski definition) is 1. The first-order valence-corrected chi connectivity index (χ1v) is 8.23. The fourth-order valence-corrected chi connectivity index (χ4v) is 2.84. The Morgan fingerprint density at radius 2 is 2.00 bits per heavy atom. The normalized spacial score (nSPS) is 10.7. The fourth-order valence-electron chi connectivity index (χ4n) is 2.84. The molecule has 0 saturated carbocycles. The molecular formula is C19H16N6O2. The lowest BCUT2D eigenvalue weighted by atomic mass is 10.1. The number of nitrogens with zero attached hydrogens (tertiary/aromatic N) is 5. The van der Waals surface area contributed by atoms with Crippen LogP contribution in [0.3, 0.4) is 0 Å². The second-order valence-corrected chi connectivity index (χ2v) is 5.81. The lowest BCUT2D eigenvalue weighted by Gasteiger charge is -2.08. The highest BCUT2D eigenvalue weighted by molar-refractivity contribution is 5.86. The van der Waals surface area contributed by atoms with Crippen molar-refractivity contribution in [3.8, 4) is 11.3 Å². The summed E-state index contributed by atoms with van der Waals surface area (Å²) in [5.74, 6) is 0.553. The summed E-state index contributed by atoms with van der Waals surface area (Å²) in [5, 5.41) is 3.09. The smallest absolute Gasteiger partial charge is 0.358 e. The molecule has 0 amide bonds. The highest BCUT2D eigenvalue weighted by Gasteiger charge is 2.12. The van der Waals surface area contributed by atoms with Gasteiger partial charge in [0.05, 0.1) is 30.9 Å². The third kappa shape index (κ3) is 3.20.